The summed E-state index contributed by atoms with van der Waals surface area (Å²) < 4.78 is 0. The molecule has 2 heterocycles. The fourth-order valence-corrected chi connectivity index (χ4v) is 1.59. The van der Waals surface area contributed by atoms with Crippen LogP contribution < -0.4 is 11.3 Å². The summed E-state index contributed by atoms with van der Waals surface area (Å²) >= 11 is 0. The quantitative estimate of drug-likeness (QED) is 0.556. The first-order valence-electron chi connectivity index (χ1n) is 4.23. The number of nitrogens with one attached hydrogen (secondary N) is 1. The summed E-state index contributed by atoms with van der Waals surface area (Å²) in [5, 5.41) is 0. The number of hydrogen-bond donors (Lipinski definition) is 2. The molecule has 13 heavy (non-hydrogen) atoms. The summed E-state index contributed by atoms with van der Waals surface area (Å²) in [6.45, 7) is 1.62. The summed E-state index contributed by atoms with van der Waals surface area (Å²) in [4.78, 5) is 20.1. The number of aromatic nitrogens is 2. The Bertz CT molecular complexity index is 384. The topological polar surface area (TPSA) is 75.0 Å². The molecule has 0 saturated heterocycles. The van der Waals surface area contributed by atoms with Gasteiger partial charge in [-0.1, -0.05) is 0 Å². The molecule has 0 amide bonds. The van der Waals surface area contributed by atoms with E-state index < -0.39 is 0 Å². The number of nitrogens with two attached hydrogens (primary N) is 1. The molecular formula is C8H12N4O. The molecule has 0 aromatic carbocycles. The predicted molar refractivity (Wildman–Crippen MR) is 49.3 cm³/mol. The van der Waals surface area contributed by atoms with Gasteiger partial charge < -0.3 is 10.6 Å². The summed E-state index contributed by atoms with van der Waals surface area (Å²) in [6, 6.07) is 0. The van der Waals surface area contributed by atoms with Crippen molar-refractivity contribution in [3.63, 3.8) is 0 Å². The highest BCUT2D eigenvalue weighted by Crippen LogP contribution is 2.11. The first-order valence-corrected chi connectivity index (χ1v) is 4.23. The molecule has 0 atom stereocenters. The largest absolute Gasteiger partial charge is 0.369 e. The van der Waals surface area contributed by atoms with Gasteiger partial charge in [0, 0.05) is 18.7 Å². The van der Waals surface area contributed by atoms with Crippen LogP contribution in [0.25, 0.3) is 0 Å². The van der Waals surface area contributed by atoms with Crippen LogP contribution in [0.5, 0.6) is 0 Å². The van der Waals surface area contributed by atoms with Gasteiger partial charge in [0.2, 0.25) is 5.95 Å². The number of nitrogens with zero attached hydrogens (tertiary/aromatic N) is 2. The molecule has 1 aromatic heterocycles. The van der Waals surface area contributed by atoms with Gasteiger partial charge in [0.05, 0.1) is 5.69 Å². The highest BCUT2D eigenvalue weighted by atomic mass is 16.1. The molecule has 0 fully saturated rings. The molecule has 0 saturated carbocycles. The molecule has 0 bridgehead atoms. The zero-order valence-electron chi connectivity index (χ0n) is 7.50. The molecule has 2 rings (SSSR count). The monoisotopic (exact) mass is 180 g/mol. The van der Waals surface area contributed by atoms with Gasteiger partial charge in [0.25, 0.3) is 5.56 Å². The maximum atomic E-state index is 11.4. The number of anilines is 1. The Kier molecular flexibility index (Phi) is 1.81. The SMILES string of the molecule is CN1CCc2c(nc(N)[nH]c2=O)C1. The smallest absolute Gasteiger partial charge is 0.255 e. The number of hydrogen-bond acceptors (Lipinski definition) is 4. The molecular weight excluding hydrogens is 168 g/mol. The standard InChI is InChI=1S/C8H12N4O/c1-12-3-2-5-6(4-12)10-8(9)11-7(5)13/h2-4H2,1H3,(H3,9,10,11,13). The van der Waals surface area contributed by atoms with E-state index in [1.165, 1.54) is 0 Å². The second-order valence-electron chi connectivity index (χ2n) is 3.36. The van der Waals surface area contributed by atoms with E-state index in [9.17, 15) is 4.79 Å². The lowest BCUT2D eigenvalue weighted by molar-refractivity contribution is 0.306. The minimum Gasteiger partial charge on any atom is -0.369 e. The van der Waals surface area contributed by atoms with Crippen molar-refractivity contribution in [3.05, 3.63) is 21.6 Å². The molecule has 3 N–H and O–H groups in total. The van der Waals surface area contributed by atoms with Crippen LogP contribution in [0.2, 0.25) is 0 Å². The average Bonchev–Trinajstić information content (AvgIpc) is 2.02. The van der Waals surface area contributed by atoms with Crippen LogP contribution in [0.1, 0.15) is 11.3 Å². The van der Waals surface area contributed by atoms with E-state index in [-0.39, 0.29) is 11.5 Å². The molecule has 1 aliphatic heterocycles. The van der Waals surface area contributed by atoms with Gasteiger partial charge >= 0.3 is 0 Å². The number of H-pyrrole nitrogens is 1. The molecule has 0 radical (unpaired) electrons. The highest BCUT2D eigenvalue weighted by molar-refractivity contribution is 5.26. The maximum Gasteiger partial charge on any atom is 0.255 e. The lowest BCUT2D eigenvalue weighted by Crippen LogP contribution is -2.33. The summed E-state index contributed by atoms with van der Waals surface area (Å²) in [5.74, 6) is 0.207. The molecule has 70 valence electrons. The van der Waals surface area contributed by atoms with E-state index in [2.05, 4.69) is 14.9 Å². The van der Waals surface area contributed by atoms with Crippen molar-refractivity contribution in [3.8, 4) is 0 Å². The number of likely N-dealkylation sites (N-methyl/N-ethyl adjacent to an activating group) is 1. The zero-order chi connectivity index (χ0) is 9.42. The number of rotatable bonds is 0. The minimum absolute atomic E-state index is 0.0874. The maximum absolute atomic E-state index is 11.4. The summed E-state index contributed by atoms with van der Waals surface area (Å²) in [7, 11) is 2.00. The normalized spacial score (nSPS) is 17.0. The van der Waals surface area contributed by atoms with E-state index in [4.69, 9.17) is 5.73 Å². The fourth-order valence-electron chi connectivity index (χ4n) is 1.59. The number of fused-ring (bicyclic) bond motifs is 1. The van der Waals surface area contributed by atoms with Crippen LogP contribution >= 0.6 is 0 Å². The van der Waals surface area contributed by atoms with Crippen molar-refractivity contribution in [2.75, 3.05) is 19.3 Å². The van der Waals surface area contributed by atoms with Gasteiger partial charge in [0.1, 0.15) is 0 Å². The first-order chi connectivity index (χ1) is 6.16. The van der Waals surface area contributed by atoms with Gasteiger partial charge in [-0.25, -0.2) is 4.98 Å². The van der Waals surface area contributed by atoms with Crippen LogP contribution in [0.3, 0.4) is 0 Å². The van der Waals surface area contributed by atoms with Crippen molar-refractivity contribution in [1.29, 1.82) is 0 Å². The summed E-state index contributed by atoms with van der Waals surface area (Å²) in [5.41, 5.74) is 6.95. The van der Waals surface area contributed by atoms with Crippen LogP contribution in [0.15, 0.2) is 4.79 Å². The Morgan fingerprint density at radius 1 is 1.62 bits per heavy atom. The predicted octanol–water partition coefficient (Wildman–Crippen LogP) is -0.660. The van der Waals surface area contributed by atoms with Crippen molar-refractivity contribution >= 4 is 5.95 Å². The van der Waals surface area contributed by atoms with Gasteiger partial charge in [0.15, 0.2) is 0 Å². The Morgan fingerprint density at radius 2 is 2.38 bits per heavy atom. The van der Waals surface area contributed by atoms with Crippen molar-refractivity contribution in [1.82, 2.24) is 14.9 Å². The Hall–Kier alpha value is -1.36. The van der Waals surface area contributed by atoms with Crippen LogP contribution in [-0.4, -0.2) is 28.5 Å². The fraction of sp³-hybridized carbons (Fsp3) is 0.500. The van der Waals surface area contributed by atoms with Gasteiger partial charge in [-0.3, -0.25) is 9.78 Å². The van der Waals surface area contributed by atoms with E-state index >= 15 is 0 Å². The minimum atomic E-state index is -0.0874. The van der Waals surface area contributed by atoms with Crippen LogP contribution in [-0.2, 0) is 13.0 Å². The molecule has 0 spiro atoms. The third-order valence-electron chi connectivity index (χ3n) is 2.28. The van der Waals surface area contributed by atoms with Gasteiger partial charge in [-0.05, 0) is 13.5 Å². The Morgan fingerprint density at radius 3 is 3.15 bits per heavy atom. The molecule has 5 nitrogen and oxygen atoms in total. The average molecular weight is 180 g/mol. The van der Waals surface area contributed by atoms with Crippen molar-refractivity contribution in [2.45, 2.75) is 13.0 Å². The first kappa shape index (κ1) is 8.25. The van der Waals surface area contributed by atoms with E-state index in [0.29, 0.717) is 6.54 Å². The lowest BCUT2D eigenvalue weighted by atomic mass is 10.1. The van der Waals surface area contributed by atoms with Gasteiger partial charge in [-0.15, -0.1) is 0 Å². The third-order valence-corrected chi connectivity index (χ3v) is 2.28. The molecule has 5 heteroatoms. The second-order valence-corrected chi connectivity index (χ2v) is 3.36. The van der Waals surface area contributed by atoms with Crippen molar-refractivity contribution in [2.24, 2.45) is 0 Å². The number of aromatic amines is 1. The van der Waals surface area contributed by atoms with E-state index in [1.54, 1.807) is 0 Å². The van der Waals surface area contributed by atoms with Crippen LogP contribution in [0, 0.1) is 0 Å². The molecule has 0 unspecified atom stereocenters. The Balaban J connectivity index is 2.53. The zero-order valence-corrected chi connectivity index (χ0v) is 7.50. The van der Waals surface area contributed by atoms with Crippen LogP contribution in [0.4, 0.5) is 5.95 Å². The van der Waals surface area contributed by atoms with Gasteiger partial charge in [-0.2, -0.15) is 0 Å². The van der Waals surface area contributed by atoms with E-state index in [1.807, 2.05) is 7.05 Å². The molecule has 1 aliphatic rings. The second kappa shape index (κ2) is 2.85. The molecule has 0 aliphatic carbocycles. The van der Waals surface area contributed by atoms with Crippen molar-refractivity contribution < 1.29 is 0 Å². The number of nitrogen functional groups attached to an aromatic ring is 1. The lowest BCUT2D eigenvalue weighted by Gasteiger charge is -2.22. The van der Waals surface area contributed by atoms with E-state index in [0.717, 1.165) is 24.2 Å². The highest BCUT2D eigenvalue weighted by Gasteiger charge is 2.17. The summed E-state index contributed by atoms with van der Waals surface area (Å²) in [6.07, 6.45) is 0.758. The Labute approximate surface area is 75.6 Å². The third kappa shape index (κ3) is 1.42. The molecule has 1 aromatic rings.